The number of rotatable bonds is 5. The Morgan fingerprint density at radius 1 is 1.21 bits per heavy atom. The third-order valence-electron chi connectivity index (χ3n) is 2.39. The van der Waals surface area contributed by atoms with Crippen LogP contribution in [0.4, 0.5) is 23.0 Å². The molecule has 7 heteroatoms. The summed E-state index contributed by atoms with van der Waals surface area (Å²) in [6.07, 6.45) is 1.29. The Bertz CT molecular complexity index is 574. The van der Waals surface area contributed by atoms with E-state index >= 15 is 0 Å². The van der Waals surface area contributed by atoms with Crippen LogP contribution in [-0.2, 0) is 0 Å². The molecule has 0 saturated heterocycles. The topological polar surface area (TPSA) is 93.0 Å². The van der Waals surface area contributed by atoms with E-state index in [1.807, 2.05) is 25.1 Å². The van der Waals surface area contributed by atoms with Crippen molar-refractivity contribution in [3.8, 4) is 0 Å². The van der Waals surface area contributed by atoms with Crippen LogP contribution in [0.5, 0.6) is 0 Å². The van der Waals surface area contributed by atoms with Crippen molar-refractivity contribution in [3.05, 3.63) is 46.8 Å². The summed E-state index contributed by atoms with van der Waals surface area (Å²) in [4.78, 5) is 18.5. The monoisotopic (exact) mass is 259 g/mol. The number of nitrogens with one attached hydrogen (secondary N) is 2. The number of hydrogen-bond acceptors (Lipinski definition) is 6. The maximum absolute atomic E-state index is 11.2. The molecule has 0 bridgehead atoms. The van der Waals surface area contributed by atoms with Crippen LogP contribution in [-0.4, -0.2) is 21.4 Å². The van der Waals surface area contributed by atoms with Crippen LogP contribution in [0.15, 0.2) is 36.7 Å². The second-order valence-corrected chi connectivity index (χ2v) is 3.70. The highest BCUT2D eigenvalue weighted by Crippen LogP contribution is 2.30. The van der Waals surface area contributed by atoms with E-state index in [-0.39, 0.29) is 17.3 Å². The molecule has 1 aromatic carbocycles. The van der Waals surface area contributed by atoms with E-state index in [1.54, 1.807) is 12.1 Å². The molecule has 2 N–H and O–H groups in total. The van der Waals surface area contributed by atoms with E-state index in [0.29, 0.717) is 6.54 Å². The summed E-state index contributed by atoms with van der Waals surface area (Å²) in [5.74, 6) is 0.378. The molecule has 0 radical (unpaired) electrons. The molecular formula is C12H13N5O2. The lowest BCUT2D eigenvalue weighted by Crippen LogP contribution is -2.07. The predicted octanol–water partition coefficient (Wildman–Crippen LogP) is 2.56. The highest BCUT2D eigenvalue weighted by atomic mass is 16.6. The molecular weight excluding hydrogens is 246 g/mol. The van der Waals surface area contributed by atoms with Gasteiger partial charge < -0.3 is 10.6 Å². The van der Waals surface area contributed by atoms with Gasteiger partial charge in [-0.3, -0.25) is 10.1 Å². The van der Waals surface area contributed by atoms with Gasteiger partial charge in [0.2, 0.25) is 11.6 Å². The van der Waals surface area contributed by atoms with Crippen molar-refractivity contribution < 1.29 is 4.92 Å². The van der Waals surface area contributed by atoms with Gasteiger partial charge in [0, 0.05) is 12.2 Å². The maximum Gasteiger partial charge on any atom is 0.353 e. The van der Waals surface area contributed by atoms with Crippen LogP contribution in [0, 0.1) is 10.1 Å². The molecule has 1 heterocycles. The van der Waals surface area contributed by atoms with Crippen molar-refractivity contribution in [1.29, 1.82) is 0 Å². The molecule has 0 unspecified atom stereocenters. The van der Waals surface area contributed by atoms with Crippen LogP contribution in [0.3, 0.4) is 0 Å². The van der Waals surface area contributed by atoms with E-state index in [4.69, 9.17) is 0 Å². The average Bonchev–Trinajstić information content (AvgIpc) is 2.40. The largest absolute Gasteiger partial charge is 0.364 e. The zero-order chi connectivity index (χ0) is 13.7. The van der Waals surface area contributed by atoms with Gasteiger partial charge in [-0.1, -0.05) is 18.2 Å². The lowest BCUT2D eigenvalue weighted by Gasteiger charge is -2.08. The molecule has 0 atom stereocenters. The minimum absolute atomic E-state index is 0.159. The Balaban J connectivity index is 2.39. The van der Waals surface area contributed by atoms with Gasteiger partial charge in [0.1, 0.15) is 6.33 Å². The molecule has 98 valence electrons. The fraction of sp³-hybridized carbons (Fsp3) is 0.167. The highest BCUT2D eigenvalue weighted by molar-refractivity contribution is 5.73. The first-order valence-electron chi connectivity index (χ1n) is 5.77. The molecule has 2 rings (SSSR count). The third-order valence-corrected chi connectivity index (χ3v) is 2.39. The van der Waals surface area contributed by atoms with E-state index in [2.05, 4.69) is 20.6 Å². The van der Waals surface area contributed by atoms with E-state index in [0.717, 1.165) is 5.69 Å². The summed E-state index contributed by atoms with van der Waals surface area (Å²) in [5.41, 5.74) is 0.569. The van der Waals surface area contributed by atoms with Crippen LogP contribution >= 0.6 is 0 Å². The molecule has 19 heavy (non-hydrogen) atoms. The van der Waals surface area contributed by atoms with Crippen LogP contribution in [0.1, 0.15) is 6.92 Å². The summed E-state index contributed by atoms with van der Waals surface area (Å²) >= 11 is 0. The molecule has 0 spiro atoms. The number of aromatic nitrogens is 2. The van der Waals surface area contributed by atoms with Gasteiger partial charge in [-0.15, -0.1) is 0 Å². The Hall–Kier alpha value is -2.70. The Kier molecular flexibility index (Phi) is 3.87. The Morgan fingerprint density at radius 3 is 2.53 bits per heavy atom. The zero-order valence-corrected chi connectivity index (χ0v) is 10.3. The fourth-order valence-electron chi connectivity index (χ4n) is 1.60. The van der Waals surface area contributed by atoms with Gasteiger partial charge in [0.15, 0.2) is 0 Å². The van der Waals surface area contributed by atoms with E-state index in [1.165, 1.54) is 6.33 Å². The summed E-state index contributed by atoms with van der Waals surface area (Å²) < 4.78 is 0. The molecule has 7 nitrogen and oxygen atoms in total. The minimum Gasteiger partial charge on any atom is -0.364 e. The Labute approximate surface area is 109 Å². The number of nitro groups is 1. The number of hydrogen-bond donors (Lipinski definition) is 2. The van der Waals surface area contributed by atoms with Crippen molar-refractivity contribution in [1.82, 2.24) is 9.97 Å². The quantitative estimate of drug-likeness (QED) is 0.633. The Morgan fingerprint density at radius 2 is 1.89 bits per heavy atom. The molecule has 1 aromatic heterocycles. The maximum atomic E-state index is 11.2. The van der Waals surface area contributed by atoms with Crippen LogP contribution in [0.25, 0.3) is 0 Å². The summed E-state index contributed by atoms with van der Waals surface area (Å²) in [5, 5.41) is 16.9. The van der Waals surface area contributed by atoms with Gasteiger partial charge in [0.05, 0.1) is 4.92 Å². The van der Waals surface area contributed by atoms with Crippen molar-refractivity contribution in [2.75, 3.05) is 17.2 Å². The van der Waals surface area contributed by atoms with Crippen molar-refractivity contribution in [2.24, 2.45) is 0 Å². The van der Waals surface area contributed by atoms with Crippen molar-refractivity contribution in [2.45, 2.75) is 6.92 Å². The summed E-state index contributed by atoms with van der Waals surface area (Å²) in [7, 11) is 0. The van der Waals surface area contributed by atoms with Gasteiger partial charge >= 0.3 is 5.69 Å². The SMILES string of the molecule is CCNc1ncnc(Nc2ccccc2)c1[N+](=O)[O-]. The van der Waals surface area contributed by atoms with Crippen LogP contribution < -0.4 is 10.6 Å². The van der Waals surface area contributed by atoms with Gasteiger partial charge in [-0.2, -0.15) is 0 Å². The molecule has 0 aliphatic heterocycles. The average molecular weight is 259 g/mol. The fourth-order valence-corrected chi connectivity index (χ4v) is 1.60. The van der Waals surface area contributed by atoms with Crippen LogP contribution in [0.2, 0.25) is 0 Å². The van der Waals surface area contributed by atoms with Crippen molar-refractivity contribution >= 4 is 23.0 Å². The minimum atomic E-state index is -0.497. The number of nitrogens with zero attached hydrogens (tertiary/aromatic N) is 3. The second-order valence-electron chi connectivity index (χ2n) is 3.70. The molecule has 0 aliphatic rings. The van der Waals surface area contributed by atoms with Crippen molar-refractivity contribution in [3.63, 3.8) is 0 Å². The lowest BCUT2D eigenvalue weighted by molar-refractivity contribution is -0.383. The zero-order valence-electron chi connectivity index (χ0n) is 10.3. The molecule has 2 aromatic rings. The van der Waals surface area contributed by atoms with Gasteiger partial charge in [0.25, 0.3) is 0 Å². The predicted molar refractivity (Wildman–Crippen MR) is 72.6 cm³/mol. The normalized spacial score (nSPS) is 9.95. The third kappa shape index (κ3) is 2.95. The molecule has 0 amide bonds. The standard InChI is InChI=1S/C12H13N5O2/c1-2-13-11-10(17(18)19)12(15-8-14-11)16-9-6-4-3-5-7-9/h3-8H,2H2,1H3,(H2,13,14,15,16). The second kappa shape index (κ2) is 5.76. The smallest absolute Gasteiger partial charge is 0.353 e. The van der Waals surface area contributed by atoms with Gasteiger partial charge in [-0.05, 0) is 19.1 Å². The molecule has 0 fully saturated rings. The molecule has 0 aliphatic carbocycles. The molecule has 0 saturated carbocycles. The summed E-state index contributed by atoms with van der Waals surface area (Å²) in [6.45, 7) is 2.39. The van der Waals surface area contributed by atoms with E-state index < -0.39 is 4.92 Å². The first kappa shape index (κ1) is 12.7. The highest BCUT2D eigenvalue weighted by Gasteiger charge is 2.22. The number of benzene rings is 1. The number of para-hydroxylation sites is 1. The first-order chi connectivity index (χ1) is 9.22. The first-order valence-corrected chi connectivity index (χ1v) is 5.77. The number of anilines is 3. The van der Waals surface area contributed by atoms with Gasteiger partial charge in [-0.25, -0.2) is 9.97 Å². The van der Waals surface area contributed by atoms with E-state index in [9.17, 15) is 10.1 Å². The lowest BCUT2D eigenvalue weighted by atomic mass is 10.3. The summed E-state index contributed by atoms with van der Waals surface area (Å²) in [6, 6.07) is 9.14.